The predicted octanol–water partition coefficient (Wildman–Crippen LogP) is 4.79. The van der Waals surface area contributed by atoms with Crippen LogP contribution in [0.2, 0.25) is 0 Å². The highest BCUT2D eigenvalue weighted by atomic mass is 32.1. The second-order valence-electron chi connectivity index (χ2n) is 6.50. The zero-order valence-corrected chi connectivity index (χ0v) is 15.4. The van der Waals surface area contributed by atoms with Crippen molar-refractivity contribution in [2.24, 2.45) is 5.92 Å². The molecule has 130 valence electrons. The Morgan fingerprint density at radius 1 is 1.48 bits per heavy atom. The highest BCUT2D eigenvalue weighted by Gasteiger charge is 2.24. The van der Waals surface area contributed by atoms with Crippen molar-refractivity contribution >= 4 is 22.2 Å². The lowest BCUT2D eigenvalue weighted by atomic mass is 9.88. The number of amides is 1. The van der Waals surface area contributed by atoms with Gasteiger partial charge in [-0.3, -0.25) is 4.79 Å². The Morgan fingerprint density at radius 2 is 2.32 bits per heavy atom. The number of benzene rings is 1. The first-order valence-electron chi connectivity index (χ1n) is 8.71. The molecule has 0 fully saturated rings. The van der Waals surface area contributed by atoms with Crippen LogP contribution in [0.15, 0.2) is 24.3 Å². The molecule has 0 spiro atoms. The van der Waals surface area contributed by atoms with Gasteiger partial charge in [-0.15, -0.1) is 11.3 Å². The molecule has 1 heterocycles. The quantitative estimate of drug-likeness (QED) is 0.840. The fraction of sp³-hybridized carbons (Fsp3) is 0.400. The minimum atomic E-state index is -0.204. The highest BCUT2D eigenvalue weighted by Crippen LogP contribution is 2.39. The first-order chi connectivity index (χ1) is 12.1. The van der Waals surface area contributed by atoms with Gasteiger partial charge in [0.2, 0.25) is 0 Å². The number of nitriles is 1. The van der Waals surface area contributed by atoms with Crippen LogP contribution in [-0.4, -0.2) is 12.5 Å². The van der Waals surface area contributed by atoms with E-state index < -0.39 is 0 Å². The van der Waals surface area contributed by atoms with Crippen LogP contribution in [0.4, 0.5) is 5.00 Å². The fourth-order valence-electron chi connectivity index (χ4n) is 3.08. The van der Waals surface area contributed by atoms with Crippen LogP contribution in [-0.2, 0) is 12.8 Å². The van der Waals surface area contributed by atoms with Crippen LogP contribution in [0.1, 0.15) is 53.1 Å². The lowest BCUT2D eigenvalue weighted by molar-refractivity contribution is 0.102. The molecule has 1 aromatic carbocycles. The summed E-state index contributed by atoms with van der Waals surface area (Å²) in [6.45, 7) is 4.90. The topological polar surface area (TPSA) is 62.1 Å². The van der Waals surface area contributed by atoms with Crippen LogP contribution in [0.3, 0.4) is 0 Å². The maximum absolute atomic E-state index is 12.6. The Bertz CT molecular complexity index is 820. The smallest absolute Gasteiger partial charge is 0.256 e. The summed E-state index contributed by atoms with van der Waals surface area (Å²) in [5.74, 6) is 1.12. The van der Waals surface area contributed by atoms with Gasteiger partial charge >= 0.3 is 0 Å². The largest absolute Gasteiger partial charge is 0.494 e. The van der Waals surface area contributed by atoms with E-state index in [-0.39, 0.29) is 5.91 Å². The number of fused-ring (bicyclic) bond motifs is 1. The van der Waals surface area contributed by atoms with Gasteiger partial charge in [-0.25, -0.2) is 0 Å². The molecular formula is C20H22N2O2S. The van der Waals surface area contributed by atoms with E-state index in [1.165, 1.54) is 4.88 Å². The molecule has 0 aliphatic heterocycles. The first kappa shape index (κ1) is 17.5. The molecule has 4 nitrogen and oxygen atoms in total. The lowest BCUT2D eigenvalue weighted by Crippen LogP contribution is -2.12. The molecule has 0 radical (unpaired) electrons. The molecule has 1 aromatic heterocycles. The third-order valence-corrected chi connectivity index (χ3v) is 5.59. The van der Waals surface area contributed by atoms with Gasteiger partial charge in [-0.1, -0.05) is 19.9 Å². The number of ether oxygens (including phenoxy) is 1. The Labute approximate surface area is 152 Å². The maximum atomic E-state index is 12.6. The van der Waals surface area contributed by atoms with Gasteiger partial charge in [0.05, 0.1) is 12.2 Å². The minimum absolute atomic E-state index is 0.204. The highest BCUT2D eigenvalue weighted by molar-refractivity contribution is 7.16. The molecule has 2 aromatic rings. The predicted molar refractivity (Wildman–Crippen MR) is 100 cm³/mol. The molecule has 5 heteroatoms. The van der Waals surface area contributed by atoms with Crippen molar-refractivity contribution < 1.29 is 9.53 Å². The van der Waals surface area contributed by atoms with E-state index in [2.05, 4.69) is 18.3 Å². The second kappa shape index (κ2) is 7.71. The van der Waals surface area contributed by atoms with E-state index in [9.17, 15) is 10.1 Å². The molecule has 0 bridgehead atoms. The van der Waals surface area contributed by atoms with Crippen molar-refractivity contribution in [3.63, 3.8) is 0 Å². The number of anilines is 1. The molecule has 1 aliphatic carbocycles. The van der Waals surface area contributed by atoms with Crippen LogP contribution in [0.5, 0.6) is 5.75 Å². The zero-order chi connectivity index (χ0) is 17.8. The van der Waals surface area contributed by atoms with Crippen molar-refractivity contribution in [1.29, 1.82) is 5.26 Å². The van der Waals surface area contributed by atoms with Crippen LogP contribution in [0, 0.1) is 17.2 Å². The number of rotatable bonds is 5. The summed E-state index contributed by atoms with van der Waals surface area (Å²) >= 11 is 1.55. The normalized spacial score (nSPS) is 16.0. The van der Waals surface area contributed by atoms with Gasteiger partial charge < -0.3 is 10.1 Å². The van der Waals surface area contributed by atoms with Gasteiger partial charge in [-0.05, 0) is 55.4 Å². The van der Waals surface area contributed by atoms with E-state index in [1.54, 1.807) is 23.5 Å². The van der Waals surface area contributed by atoms with Gasteiger partial charge in [0.1, 0.15) is 16.8 Å². The number of hydrogen-bond donors (Lipinski definition) is 1. The zero-order valence-electron chi connectivity index (χ0n) is 14.6. The molecule has 0 saturated heterocycles. The van der Waals surface area contributed by atoms with E-state index in [4.69, 9.17) is 4.74 Å². The summed E-state index contributed by atoms with van der Waals surface area (Å²) in [6, 6.07) is 9.45. The van der Waals surface area contributed by atoms with Crippen LogP contribution < -0.4 is 10.1 Å². The summed E-state index contributed by atoms with van der Waals surface area (Å²) in [7, 11) is 0. The summed E-state index contributed by atoms with van der Waals surface area (Å²) in [5.41, 5.74) is 2.30. The summed E-state index contributed by atoms with van der Waals surface area (Å²) in [6.07, 6.45) is 3.93. The molecule has 3 rings (SSSR count). The number of nitrogens with zero attached hydrogens (tertiary/aromatic N) is 1. The summed E-state index contributed by atoms with van der Waals surface area (Å²) in [4.78, 5) is 13.9. The van der Waals surface area contributed by atoms with Crippen molar-refractivity contribution in [3.05, 3.63) is 45.8 Å². The monoisotopic (exact) mass is 354 g/mol. The van der Waals surface area contributed by atoms with Gasteiger partial charge in [0.15, 0.2) is 0 Å². The molecule has 0 saturated carbocycles. The molecule has 25 heavy (non-hydrogen) atoms. The van der Waals surface area contributed by atoms with E-state index in [0.29, 0.717) is 34.4 Å². The van der Waals surface area contributed by atoms with Gasteiger partial charge in [0, 0.05) is 10.4 Å². The molecule has 1 atom stereocenters. The minimum Gasteiger partial charge on any atom is -0.494 e. The van der Waals surface area contributed by atoms with Gasteiger partial charge in [-0.2, -0.15) is 5.26 Å². The van der Waals surface area contributed by atoms with E-state index in [1.807, 2.05) is 19.1 Å². The molecular weight excluding hydrogens is 332 g/mol. The second-order valence-corrected chi connectivity index (χ2v) is 7.60. The van der Waals surface area contributed by atoms with Crippen LogP contribution in [0.25, 0.3) is 0 Å². The number of thiophene rings is 1. The molecule has 1 N–H and O–H groups in total. The Balaban J connectivity index is 1.81. The van der Waals surface area contributed by atoms with Crippen molar-refractivity contribution in [2.45, 2.75) is 39.5 Å². The first-order valence-corrected chi connectivity index (χ1v) is 9.52. The third kappa shape index (κ3) is 3.85. The van der Waals surface area contributed by atoms with E-state index in [0.717, 1.165) is 31.2 Å². The Kier molecular flexibility index (Phi) is 5.40. The molecule has 1 amide bonds. The molecule has 1 aliphatic rings. The van der Waals surface area contributed by atoms with Gasteiger partial charge in [0.25, 0.3) is 5.91 Å². The number of carbonyl (C=O) groups is 1. The lowest BCUT2D eigenvalue weighted by Gasteiger charge is -2.17. The number of carbonyl (C=O) groups excluding carboxylic acids is 1. The maximum Gasteiger partial charge on any atom is 0.256 e. The SMILES string of the molecule is CCCOc1cccc(C(=O)Nc2sc3c(c2C#N)CC[C@H](C)C3)c1. The number of hydrogen-bond acceptors (Lipinski definition) is 4. The standard InChI is InChI=1S/C20H22N2O2S/c1-3-9-24-15-6-4-5-14(11-15)19(23)22-20-17(12-21)16-8-7-13(2)10-18(16)25-20/h4-6,11,13H,3,7-10H2,1-2H3,(H,22,23)/t13-/m0/s1. The third-order valence-electron chi connectivity index (χ3n) is 4.42. The summed E-state index contributed by atoms with van der Waals surface area (Å²) in [5, 5.41) is 13.1. The fourth-order valence-corrected chi connectivity index (χ4v) is 4.44. The average Bonchev–Trinajstić information content (AvgIpc) is 2.96. The number of nitrogens with one attached hydrogen (secondary N) is 1. The molecule has 0 unspecified atom stereocenters. The van der Waals surface area contributed by atoms with Crippen molar-refractivity contribution in [3.8, 4) is 11.8 Å². The van der Waals surface area contributed by atoms with E-state index >= 15 is 0 Å². The summed E-state index contributed by atoms with van der Waals surface area (Å²) < 4.78 is 5.59. The van der Waals surface area contributed by atoms with Crippen molar-refractivity contribution in [1.82, 2.24) is 0 Å². The van der Waals surface area contributed by atoms with Crippen molar-refractivity contribution in [2.75, 3.05) is 11.9 Å². The average molecular weight is 354 g/mol. The Hall–Kier alpha value is -2.32. The Morgan fingerprint density at radius 3 is 3.08 bits per heavy atom. The van der Waals surface area contributed by atoms with Crippen LogP contribution >= 0.6 is 11.3 Å².